The first-order valence-corrected chi connectivity index (χ1v) is 6.66. The van der Waals surface area contributed by atoms with Crippen LogP contribution in [0.15, 0.2) is 42.5 Å². The highest BCUT2D eigenvalue weighted by Crippen LogP contribution is 2.19. The normalized spacial score (nSPS) is 10.6. The van der Waals surface area contributed by atoms with Gasteiger partial charge < -0.3 is 5.32 Å². The number of nitrogens with one attached hydrogen (secondary N) is 1. The SMILES string of the molecule is O=C(Nc1cccc(Cl)c1)c1ccc2snnc2c1. The number of nitrogens with zero attached hydrogens (tertiary/aromatic N) is 2. The zero-order chi connectivity index (χ0) is 13.2. The quantitative estimate of drug-likeness (QED) is 0.784. The number of carbonyl (C=O) groups is 1. The molecule has 0 radical (unpaired) electrons. The lowest BCUT2D eigenvalue weighted by Crippen LogP contribution is -2.11. The molecule has 0 bridgehead atoms. The van der Waals surface area contributed by atoms with Crippen molar-refractivity contribution in [3.8, 4) is 0 Å². The van der Waals surface area contributed by atoms with Gasteiger partial charge in [-0.1, -0.05) is 22.2 Å². The van der Waals surface area contributed by atoms with Crippen molar-refractivity contribution in [2.24, 2.45) is 0 Å². The number of hydrogen-bond acceptors (Lipinski definition) is 4. The average molecular weight is 290 g/mol. The summed E-state index contributed by atoms with van der Waals surface area (Å²) in [5.41, 5.74) is 1.93. The van der Waals surface area contributed by atoms with Crippen LogP contribution in [-0.4, -0.2) is 15.5 Å². The monoisotopic (exact) mass is 289 g/mol. The molecule has 6 heteroatoms. The molecule has 94 valence electrons. The van der Waals surface area contributed by atoms with E-state index in [0.717, 1.165) is 10.2 Å². The molecule has 4 nitrogen and oxygen atoms in total. The molecule has 0 saturated carbocycles. The Balaban J connectivity index is 1.87. The highest BCUT2D eigenvalue weighted by molar-refractivity contribution is 7.12. The maximum absolute atomic E-state index is 12.1. The Labute approximate surface area is 118 Å². The molecule has 0 atom stereocenters. The van der Waals surface area contributed by atoms with Crippen LogP contribution in [0, 0.1) is 0 Å². The van der Waals surface area contributed by atoms with Crippen molar-refractivity contribution >= 4 is 44.9 Å². The summed E-state index contributed by atoms with van der Waals surface area (Å²) in [5, 5.41) is 7.32. The summed E-state index contributed by atoms with van der Waals surface area (Å²) in [6.07, 6.45) is 0. The standard InChI is InChI=1S/C13H8ClN3OS/c14-9-2-1-3-10(7-9)15-13(18)8-4-5-12-11(6-8)16-17-19-12/h1-7H,(H,15,18). The second kappa shape index (κ2) is 4.95. The summed E-state index contributed by atoms with van der Waals surface area (Å²) in [4.78, 5) is 12.1. The molecule has 3 rings (SSSR count). The molecular formula is C13H8ClN3OS. The first-order valence-electron chi connectivity index (χ1n) is 5.51. The molecule has 3 aromatic rings. The summed E-state index contributed by atoms with van der Waals surface area (Å²) in [5.74, 6) is -0.197. The van der Waals surface area contributed by atoms with Gasteiger partial charge in [-0.2, -0.15) is 0 Å². The molecule has 0 aliphatic rings. The van der Waals surface area contributed by atoms with Crippen molar-refractivity contribution in [1.29, 1.82) is 0 Å². The first kappa shape index (κ1) is 12.1. The number of aromatic nitrogens is 2. The van der Waals surface area contributed by atoms with Crippen LogP contribution in [0.1, 0.15) is 10.4 Å². The van der Waals surface area contributed by atoms with E-state index in [9.17, 15) is 4.79 Å². The molecule has 2 aromatic carbocycles. The van der Waals surface area contributed by atoms with Crippen molar-refractivity contribution < 1.29 is 4.79 Å². The molecule has 1 amide bonds. The van der Waals surface area contributed by atoms with Crippen LogP contribution < -0.4 is 5.32 Å². The largest absolute Gasteiger partial charge is 0.322 e. The van der Waals surface area contributed by atoms with Crippen molar-refractivity contribution in [2.75, 3.05) is 5.32 Å². The van der Waals surface area contributed by atoms with Gasteiger partial charge in [0, 0.05) is 16.3 Å². The highest BCUT2D eigenvalue weighted by Gasteiger charge is 2.08. The third-order valence-electron chi connectivity index (χ3n) is 2.59. The molecule has 0 spiro atoms. The van der Waals surface area contributed by atoms with Gasteiger partial charge in [0.05, 0.1) is 4.70 Å². The van der Waals surface area contributed by atoms with E-state index >= 15 is 0 Å². The van der Waals surface area contributed by atoms with Gasteiger partial charge >= 0.3 is 0 Å². The fourth-order valence-corrected chi connectivity index (χ4v) is 2.42. The lowest BCUT2D eigenvalue weighted by molar-refractivity contribution is 0.102. The number of carbonyl (C=O) groups excluding carboxylic acids is 1. The Morgan fingerprint density at radius 1 is 1.21 bits per heavy atom. The van der Waals surface area contributed by atoms with Gasteiger partial charge in [0.15, 0.2) is 0 Å². The Morgan fingerprint density at radius 2 is 2.11 bits per heavy atom. The number of hydrogen-bond donors (Lipinski definition) is 1. The molecule has 1 heterocycles. The topological polar surface area (TPSA) is 54.9 Å². The summed E-state index contributed by atoms with van der Waals surface area (Å²) in [7, 11) is 0. The maximum atomic E-state index is 12.1. The minimum absolute atomic E-state index is 0.197. The number of halogens is 1. The molecule has 0 fully saturated rings. The molecule has 0 saturated heterocycles. The van der Waals surface area contributed by atoms with E-state index in [4.69, 9.17) is 11.6 Å². The predicted octanol–water partition coefficient (Wildman–Crippen LogP) is 3.60. The second-order valence-corrected chi connectivity index (χ2v) is 5.14. The lowest BCUT2D eigenvalue weighted by Gasteiger charge is -2.05. The fourth-order valence-electron chi connectivity index (χ4n) is 1.69. The van der Waals surface area contributed by atoms with Gasteiger partial charge in [-0.25, -0.2) is 0 Å². The Bertz CT molecular complexity index is 756. The number of benzene rings is 2. The zero-order valence-corrected chi connectivity index (χ0v) is 11.2. The van der Waals surface area contributed by atoms with Crippen molar-refractivity contribution in [3.63, 3.8) is 0 Å². The number of rotatable bonds is 2. The lowest BCUT2D eigenvalue weighted by atomic mass is 10.2. The van der Waals surface area contributed by atoms with E-state index < -0.39 is 0 Å². The molecule has 19 heavy (non-hydrogen) atoms. The summed E-state index contributed by atoms with van der Waals surface area (Å²) < 4.78 is 4.80. The van der Waals surface area contributed by atoms with Gasteiger partial charge in [0.1, 0.15) is 5.52 Å². The first-order chi connectivity index (χ1) is 9.22. The molecule has 0 aliphatic carbocycles. The average Bonchev–Trinajstić information content (AvgIpc) is 2.85. The number of fused-ring (bicyclic) bond motifs is 1. The number of amides is 1. The minimum Gasteiger partial charge on any atom is -0.322 e. The number of anilines is 1. The van der Waals surface area contributed by atoms with Crippen molar-refractivity contribution in [3.05, 3.63) is 53.1 Å². The molecule has 1 aromatic heterocycles. The highest BCUT2D eigenvalue weighted by atomic mass is 35.5. The van der Waals surface area contributed by atoms with Gasteiger partial charge in [0.25, 0.3) is 5.91 Å². The van der Waals surface area contributed by atoms with Crippen LogP contribution in [0.5, 0.6) is 0 Å². The third-order valence-corrected chi connectivity index (χ3v) is 3.53. The molecule has 0 aliphatic heterocycles. The maximum Gasteiger partial charge on any atom is 0.255 e. The zero-order valence-electron chi connectivity index (χ0n) is 9.63. The predicted molar refractivity (Wildman–Crippen MR) is 76.8 cm³/mol. The van der Waals surface area contributed by atoms with E-state index in [2.05, 4.69) is 14.9 Å². The van der Waals surface area contributed by atoms with Crippen LogP contribution >= 0.6 is 23.1 Å². The smallest absolute Gasteiger partial charge is 0.255 e. The summed E-state index contributed by atoms with van der Waals surface area (Å²) in [6, 6.07) is 12.3. The van der Waals surface area contributed by atoms with Crippen LogP contribution in [-0.2, 0) is 0 Å². The summed E-state index contributed by atoms with van der Waals surface area (Å²) in [6.45, 7) is 0. The van der Waals surface area contributed by atoms with Gasteiger partial charge in [0.2, 0.25) is 0 Å². The van der Waals surface area contributed by atoms with Crippen LogP contribution in [0.25, 0.3) is 10.2 Å². The molecule has 1 N–H and O–H groups in total. The van der Waals surface area contributed by atoms with Gasteiger partial charge in [-0.15, -0.1) is 5.10 Å². The van der Waals surface area contributed by atoms with Crippen molar-refractivity contribution in [1.82, 2.24) is 9.59 Å². The molecular weight excluding hydrogens is 282 g/mol. The fraction of sp³-hybridized carbons (Fsp3) is 0. The van der Waals surface area contributed by atoms with E-state index in [1.165, 1.54) is 11.5 Å². The Morgan fingerprint density at radius 3 is 2.95 bits per heavy atom. The van der Waals surface area contributed by atoms with Crippen LogP contribution in [0.4, 0.5) is 5.69 Å². The Hall–Kier alpha value is -1.98. The van der Waals surface area contributed by atoms with Crippen LogP contribution in [0.3, 0.4) is 0 Å². The third kappa shape index (κ3) is 2.57. The van der Waals surface area contributed by atoms with E-state index in [0.29, 0.717) is 16.3 Å². The summed E-state index contributed by atoms with van der Waals surface area (Å²) >= 11 is 7.17. The minimum atomic E-state index is -0.197. The molecule has 0 unspecified atom stereocenters. The van der Waals surface area contributed by atoms with Gasteiger partial charge in [-0.3, -0.25) is 4.79 Å². The second-order valence-electron chi connectivity index (χ2n) is 3.92. The van der Waals surface area contributed by atoms with E-state index in [1.807, 2.05) is 6.07 Å². The van der Waals surface area contributed by atoms with E-state index in [1.54, 1.807) is 36.4 Å². The van der Waals surface area contributed by atoms with Crippen LogP contribution in [0.2, 0.25) is 5.02 Å². The van der Waals surface area contributed by atoms with Gasteiger partial charge in [-0.05, 0) is 47.9 Å². The van der Waals surface area contributed by atoms with Crippen molar-refractivity contribution in [2.45, 2.75) is 0 Å². The Kier molecular flexibility index (Phi) is 3.15. The van der Waals surface area contributed by atoms with E-state index in [-0.39, 0.29) is 5.91 Å².